The molecule has 0 saturated carbocycles. The zero-order valence-corrected chi connectivity index (χ0v) is 17.8. The van der Waals surface area contributed by atoms with Gasteiger partial charge < -0.3 is 10.1 Å². The predicted molar refractivity (Wildman–Crippen MR) is 111 cm³/mol. The second-order valence-electron chi connectivity index (χ2n) is 7.37. The van der Waals surface area contributed by atoms with Gasteiger partial charge in [0.2, 0.25) is 10.0 Å². The lowest BCUT2D eigenvalue weighted by atomic mass is 10.1. The van der Waals surface area contributed by atoms with E-state index >= 15 is 0 Å². The summed E-state index contributed by atoms with van der Waals surface area (Å²) in [6.07, 6.45) is 3.26. The van der Waals surface area contributed by atoms with Gasteiger partial charge in [-0.15, -0.1) is 12.4 Å². The smallest absolute Gasteiger partial charge is 0.211 e. The summed E-state index contributed by atoms with van der Waals surface area (Å²) in [5.74, 6) is 0. The Morgan fingerprint density at radius 2 is 1.86 bits per heavy atom. The fourth-order valence-electron chi connectivity index (χ4n) is 3.72. The van der Waals surface area contributed by atoms with E-state index in [1.165, 1.54) is 6.26 Å². The minimum atomic E-state index is -3.23. The molecular weight excluding hydrogens is 400 g/mol. The SMILES string of the molecule is CS(=O)(=O)N(CCCc1ccc(C#N)cc1)CCN1CC2CNCC(C1)O2.Cl. The highest BCUT2D eigenvalue weighted by Crippen LogP contribution is 2.14. The fourth-order valence-corrected chi connectivity index (χ4v) is 4.60. The molecule has 2 aliphatic heterocycles. The summed E-state index contributed by atoms with van der Waals surface area (Å²) in [5, 5.41) is 12.2. The Morgan fingerprint density at radius 3 is 2.43 bits per heavy atom. The summed E-state index contributed by atoms with van der Waals surface area (Å²) < 4.78 is 31.8. The normalized spacial score (nSPS) is 22.5. The minimum Gasteiger partial charge on any atom is -0.370 e. The Kier molecular flexibility index (Phi) is 8.68. The number of benzene rings is 1. The predicted octanol–water partition coefficient (Wildman–Crippen LogP) is 0.847. The molecule has 28 heavy (non-hydrogen) atoms. The molecule has 1 aromatic rings. The molecule has 2 unspecified atom stereocenters. The first-order valence-corrected chi connectivity index (χ1v) is 11.3. The molecule has 2 saturated heterocycles. The van der Waals surface area contributed by atoms with Crippen LogP contribution in [0.15, 0.2) is 24.3 Å². The molecule has 2 heterocycles. The van der Waals surface area contributed by atoms with E-state index in [0.29, 0.717) is 18.7 Å². The first-order chi connectivity index (χ1) is 12.9. The number of rotatable bonds is 8. The average molecular weight is 429 g/mol. The lowest BCUT2D eigenvalue weighted by Crippen LogP contribution is -2.59. The highest BCUT2D eigenvalue weighted by Gasteiger charge is 2.31. The number of aryl methyl sites for hydroxylation is 1. The van der Waals surface area contributed by atoms with E-state index in [0.717, 1.165) is 51.1 Å². The molecular formula is C19H29ClN4O3S. The van der Waals surface area contributed by atoms with Crippen molar-refractivity contribution in [2.75, 3.05) is 52.1 Å². The Labute approximate surface area is 174 Å². The van der Waals surface area contributed by atoms with E-state index in [-0.39, 0.29) is 24.6 Å². The summed E-state index contributed by atoms with van der Waals surface area (Å²) >= 11 is 0. The van der Waals surface area contributed by atoms with Crippen LogP contribution in [0.1, 0.15) is 17.5 Å². The van der Waals surface area contributed by atoms with Crippen LogP contribution in [0.5, 0.6) is 0 Å². The van der Waals surface area contributed by atoms with Crippen LogP contribution in [-0.2, 0) is 21.2 Å². The third kappa shape index (κ3) is 6.69. The van der Waals surface area contributed by atoms with Gasteiger partial charge in [-0.1, -0.05) is 12.1 Å². The van der Waals surface area contributed by atoms with E-state index in [1.54, 1.807) is 16.4 Å². The molecule has 0 aromatic heterocycles. The van der Waals surface area contributed by atoms with Crippen LogP contribution in [0, 0.1) is 11.3 Å². The van der Waals surface area contributed by atoms with Gasteiger partial charge in [-0.3, -0.25) is 4.90 Å². The van der Waals surface area contributed by atoms with Crippen molar-refractivity contribution in [2.24, 2.45) is 0 Å². The summed E-state index contributed by atoms with van der Waals surface area (Å²) in [4.78, 5) is 2.32. The number of ether oxygens (including phenoxy) is 1. The van der Waals surface area contributed by atoms with Crippen LogP contribution < -0.4 is 5.32 Å². The molecule has 0 spiro atoms. The van der Waals surface area contributed by atoms with Crippen molar-refractivity contribution in [3.8, 4) is 6.07 Å². The molecule has 156 valence electrons. The molecule has 0 radical (unpaired) electrons. The second kappa shape index (κ2) is 10.5. The number of nitrogens with zero attached hydrogens (tertiary/aromatic N) is 3. The number of hydrogen-bond donors (Lipinski definition) is 1. The molecule has 2 bridgehead atoms. The lowest BCUT2D eigenvalue weighted by molar-refractivity contribution is -0.103. The number of nitrogens with one attached hydrogen (secondary N) is 1. The van der Waals surface area contributed by atoms with E-state index in [9.17, 15) is 8.42 Å². The molecule has 0 aliphatic carbocycles. The molecule has 3 rings (SSSR count). The van der Waals surface area contributed by atoms with Crippen molar-refractivity contribution in [3.05, 3.63) is 35.4 Å². The minimum absolute atomic E-state index is 0. The van der Waals surface area contributed by atoms with Gasteiger partial charge in [0, 0.05) is 45.8 Å². The summed E-state index contributed by atoms with van der Waals surface area (Å²) in [6.45, 7) is 5.20. The van der Waals surface area contributed by atoms with Crippen molar-refractivity contribution in [1.82, 2.24) is 14.5 Å². The van der Waals surface area contributed by atoms with E-state index in [2.05, 4.69) is 16.3 Å². The molecule has 9 heteroatoms. The molecule has 0 amide bonds. The molecule has 7 nitrogen and oxygen atoms in total. The van der Waals surface area contributed by atoms with E-state index in [1.807, 2.05) is 12.1 Å². The maximum absolute atomic E-state index is 12.2. The summed E-state index contributed by atoms with van der Waals surface area (Å²) in [5.41, 5.74) is 1.76. The molecule has 2 fully saturated rings. The van der Waals surface area contributed by atoms with Crippen LogP contribution in [-0.4, -0.2) is 81.9 Å². The van der Waals surface area contributed by atoms with Gasteiger partial charge >= 0.3 is 0 Å². The van der Waals surface area contributed by atoms with Gasteiger partial charge in [-0.2, -0.15) is 5.26 Å². The van der Waals surface area contributed by atoms with Crippen LogP contribution in [0.3, 0.4) is 0 Å². The topological polar surface area (TPSA) is 85.7 Å². The van der Waals surface area contributed by atoms with Crippen molar-refractivity contribution < 1.29 is 13.2 Å². The van der Waals surface area contributed by atoms with Crippen LogP contribution in [0.25, 0.3) is 0 Å². The van der Waals surface area contributed by atoms with Gasteiger partial charge in [-0.05, 0) is 30.5 Å². The third-order valence-corrected chi connectivity index (χ3v) is 6.45. The quantitative estimate of drug-likeness (QED) is 0.660. The van der Waals surface area contributed by atoms with Crippen molar-refractivity contribution in [1.29, 1.82) is 5.26 Å². The van der Waals surface area contributed by atoms with Crippen LogP contribution >= 0.6 is 12.4 Å². The van der Waals surface area contributed by atoms with Crippen molar-refractivity contribution >= 4 is 22.4 Å². The first kappa shape index (κ1) is 23.1. The number of hydrogen-bond acceptors (Lipinski definition) is 6. The summed E-state index contributed by atoms with van der Waals surface area (Å²) in [7, 11) is -3.23. The van der Waals surface area contributed by atoms with E-state index in [4.69, 9.17) is 10.00 Å². The largest absolute Gasteiger partial charge is 0.370 e. The van der Waals surface area contributed by atoms with E-state index < -0.39 is 10.0 Å². The van der Waals surface area contributed by atoms with Crippen LogP contribution in [0.2, 0.25) is 0 Å². The Bertz CT molecular complexity index is 754. The van der Waals surface area contributed by atoms with Gasteiger partial charge in [0.05, 0.1) is 30.1 Å². The zero-order chi connectivity index (χ0) is 19.3. The summed E-state index contributed by atoms with van der Waals surface area (Å²) in [6, 6.07) is 9.57. The average Bonchev–Trinajstić information content (AvgIpc) is 2.63. The number of fused-ring (bicyclic) bond motifs is 2. The van der Waals surface area contributed by atoms with Gasteiger partial charge in [0.1, 0.15) is 0 Å². The highest BCUT2D eigenvalue weighted by atomic mass is 35.5. The Hall–Kier alpha value is -1.21. The Morgan fingerprint density at radius 1 is 1.21 bits per heavy atom. The highest BCUT2D eigenvalue weighted by molar-refractivity contribution is 7.88. The lowest BCUT2D eigenvalue weighted by Gasteiger charge is -2.42. The first-order valence-electron chi connectivity index (χ1n) is 9.47. The zero-order valence-electron chi connectivity index (χ0n) is 16.2. The van der Waals surface area contributed by atoms with Crippen molar-refractivity contribution in [3.63, 3.8) is 0 Å². The van der Waals surface area contributed by atoms with Gasteiger partial charge in [-0.25, -0.2) is 12.7 Å². The monoisotopic (exact) mass is 428 g/mol. The van der Waals surface area contributed by atoms with Gasteiger partial charge in [0.25, 0.3) is 0 Å². The Balaban J connectivity index is 0.00000280. The maximum Gasteiger partial charge on any atom is 0.211 e. The number of halogens is 1. The van der Waals surface area contributed by atoms with Crippen LogP contribution in [0.4, 0.5) is 0 Å². The maximum atomic E-state index is 12.2. The fraction of sp³-hybridized carbons (Fsp3) is 0.632. The molecule has 1 aromatic carbocycles. The molecule has 1 N–H and O–H groups in total. The van der Waals surface area contributed by atoms with Gasteiger partial charge in [0.15, 0.2) is 0 Å². The van der Waals surface area contributed by atoms with Crippen molar-refractivity contribution in [2.45, 2.75) is 25.0 Å². The number of sulfonamides is 1. The number of morpholine rings is 2. The third-order valence-electron chi connectivity index (χ3n) is 5.14. The number of nitriles is 1. The standard InChI is InChI=1S/C19H28N4O3S.ClH/c1-27(24,25)23(8-2-3-16-4-6-17(11-20)7-5-16)10-9-22-14-18-12-21-13-19(15-22)26-18;/h4-7,18-19,21H,2-3,8-10,12-15H2,1H3;1H. The second-order valence-corrected chi connectivity index (χ2v) is 9.35. The molecule has 2 aliphatic rings. The molecule has 2 atom stereocenters.